The van der Waals surface area contributed by atoms with Crippen molar-refractivity contribution in [2.75, 3.05) is 0 Å². The molecule has 0 N–H and O–H groups in total. The van der Waals surface area contributed by atoms with Crippen LogP contribution < -0.4 is 0 Å². The summed E-state index contributed by atoms with van der Waals surface area (Å²) >= 11 is 0. The van der Waals surface area contributed by atoms with Crippen molar-refractivity contribution in [3.63, 3.8) is 0 Å². The molecule has 0 saturated heterocycles. The zero-order valence-corrected chi connectivity index (χ0v) is 16.3. The van der Waals surface area contributed by atoms with Crippen molar-refractivity contribution in [1.29, 1.82) is 0 Å². The monoisotopic (exact) mass is 369 g/mol. The maximum absolute atomic E-state index is 5.60. The van der Waals surface area contributed by atoms with Gasteiger partial charge in [0, 0.05) is 0 Å². The van der Waals surface area contributed by atoms with Gasteiger partial charge in [0.2, 0.25) is 0 Å². The van der Waals surface area contributed by atoms with E-state index in [2.05, 4.69) is 71.9 Å². The molecule has 1 saturated carbocycles. The number of oxime groups is 1. The number of rotatable bonds is 6. The van der Waals surface area contributed by atoms with E-state index in [1.165, 1.54) is 48.8 Å². The van der Waals surface area contributed by atoms with Crippen LogP contribution in [0.5, 0.6) is 0 Å². The van der Waals surface area contributed by atoms with Gasteiger partial charge in [-0.3, -0.25) is 0 Å². The molecule has 0 spiro atoms. The van der Waals surface area contributed by atoms with Crippen LogP contribution in [-0.2, 0) is 11.4 Å². The Balaban J connectivity index is 1.36. The average molecular weight is 370 g/mol. The van der Waals surface area contributed by atoms with E-state index in [4.69, 9.17) is 4.84 Å². The molecule has 4 rings (SSSR count). The van der Waals surface area contributed by atoms with Crippen LogP contribution in [0.1, 0.15) is 54.7 Å². The highest BCUT2D eigenvalue weighted by molar-refractivity contribution is 5.79. The highest BCUT2D eigenvalue weighted by atomic mass is 16.6. The molecule has 0 aromatic heterocycles. The van der Waals surface area contributed by atoms with Gasteiger partial charge < -0.3 is 4.84 Å². The summed E-state index contributed by atoms with van der Waals surface area (Å²) in [5, 5.41) is 4.19. The van der Waals surface area contributed by atoms with Crippen LogP contribution in [0.25, 0.3) is 11.1 Å². The van der Waals surface area contributed by atoms with E-state index in [0.717, 1.165) is 17.0 Å². The first-order valence-corrected chi connectivity index (χ1v) is 10.3. The topological polar surface area (TPSA) is 21.6 Å². The van der Waals surface area contributed by atoms with Crippen molar-refractivity contribution >= 4 is 6.21 Å². The first-order chi connectivity index (χ1) is 13.9. The van der Waals surface area contributed by atoms with Crippen LogP contribution in [0.15, 0.2) is 84.0 Å². The second kappa shape index (κ2) is 9.36. The molecule has 2 nitrogen and oxygen atoms in total. The standard InChI is InChI=1S/C26H27NO/c1-3-9-22(10-4-1)23-17-15-21(16-18-23)19-27-28-20-25-13-7-8-14-26(25)24-11-5-2-6-12-24/h2,5-8,11-19,22H,1,3-4,9-10,20H2. The van der Waals surface area contributed by atoms with Gasteiger partial charge in [-0.05, 0) is 46.6 Å². The highest BCUT2D eigenvalue weighted by Crippen LogP contribution is 2.32. The van der Waals surface area contributed by atoms with Gasteiger partial charge in [0.1, 0.15) is 6.61 Å². The van der Waals surface area contributed by atoms with Crippen molar-refractivity contribution < 1.29 is 4.84 Å². The Morgan fingerprint density at radius 2 is 1.50 bits per heavy atom. The molecule has 0 aliphatic heterocycles. The summed E-state index contributed by atoms with van der Waals surface area (Å²) in [7, 11) is 0. The summed E-state index contributed by atoms with van der Waals surface area (Å²) < 4.78 is 0. The minimum absolute atomic E-state index is 0.460. The average Bonchev–Trinajstić information content (AvgIpc) is 2.79. The van der Waals surface area contributed by atoms with Gasteiger partial charge in [-0.15, -0.1) is 0 Å². The SMILES string of the molecule is C(=NOCc1ccccc1-c1ccccc1)c1ccc(C2CCCCC2)cc1. The summed E-state index contributed by atoms with van der Waals surface area (Å²) in [6.07, 6.45) is 8.59. The number of nitrogens with zero attached hydrogens (tertiary/aromatic N) is 1. The lowest BCUT2D eigenvalue weighted by molar-refractivity contribution is 0.132. The molecule has 0 heterocycles. The number of hydrogen-bond donors (Lipinski definition) is 0. The second-order valence-corrected chi connectivity index (χ2v) is 7.53. The van der Waals surface area contributed by atoms with Crippen LogP contribution in [0, 0.1) is 0 Å². The van der Waals surface area contributed by atoms with Crippen molar-refractivity contribution in [3.8, 4) is 11.1 Å². The van der Waals surface area contributed by atoms with Gasteiger partial charge in [-0.25, -0.2) is 0 Å². The molecule has 1 aliphatic rings. The molecular formula is C26H27NO. The molecule has 0 unspecified atom stereocenters. The normalized spacial score (nSPS) is 15.0. The van der Waals surface area contributed by atoms with Crippen molar-refractivity contribution in [2.24, 2.45) is 5.16 Å². The number of hydrogen-bond acceptors (Lipinski definition) is 2. The first-order valence-electron chi connectivity index (χ1n) is 10.3. The molecule has 3 aromatic carbocycles. The molecule has 3 aromatic rings. The summed E-state index contributed by atoms with van der Waals surface area (Å²) in [4.78, 5) is 5.60. The number of benzene rings is 3. The molecule has 0 amide bonds. The summed E-state index contributed by atoms with van der Waals surface area (Å²) in [5.74, 6) is 0.741. The molecule has 142 valence electrons. The Bertz CT molecular complexity index is 893. The fourth-order valence-corrected chi connectivity index (χ4v) is 4.04. The van der Waals surface area contributed by atoms with E-state index < -0.39 is 0 Å². The second-order valence-electron chi connectivity index (χ2n) is 7.53. The van der Waals surface area contributed by atoms with E-state index in [9.17, 15) is 0 Å². The zero-order valence-electron chi connectivity index (χ0n) is 16.3. The Morgan fingerprint density at radius 3 is 2.29 bits per heavy atom. The fourth-order valence-electron chi connectivity index (χ4n) is 4.04. The first kappa shape index (κ1) is 18.5. The molecule has 0 bridgehead atoms. The van der Waals surface area contributed by atoms with Gasteiger partial charge >= 0.3 is 0 Å². The Labute approximate surface area is 167 Å². The van der Waals surface area contributed by atoms with Crippen LogP contribution in [0.4, 0.5) is 0 Å². The highest BCUT2D eigenvalue weighted by Gasteiger charge is 2.14. The van der Waals surface area contributed by atoms with Gasteiger partial charge in [0.15, 0.2) is 0 Å². The molecular weight excluding hydrogens is 342 g/mol. The largest absolute Gasteiger partial charge is 0.391 e. The third kappa shape index (κ3) is 4.69. The van der Waals surface area contributed by atoms with Crippen LogP contribution in [0.3, 0.4) is 0 Å². The molecule has 0 radical (unpaired) electrons. The summed E-state index contributed by atoms with van der Waals surface area (Å²) in [6, 6.07) is 27.5. The van der Waals surface area contributed by atoms with E-state index in [0.29, 0.717) is 6.61 Å². The quantitative estimate of drug-likeness (QED) is 0.340. The maximum atomic E-state index is 5.60. The van der Waals surface area contributed by atoms with Crippen LogP contribution in [0.2, 0.25) is 0 Å². The lowest BCUT2D eigenvalue weighted by Gasteiger charge is -2.21. The van der Waals surface area contributed by atoms with Crippen LogP contribution >= 0.6 is 0 Å². The third-order valence-corrected chi connectivity index (χ3v) is 5.61. The minimum Gasteiger partial charge on any atom is -0.391 e. The predicted octanol–water partition coefficient (Wildman–Crippen LogP) is 6.95. The smallest absolute Gasteiger partial charge is 0.142 e. The molecule has 28 heavy (non-hydrogen) atoms. The van der Waals surface area contributed by atoms with E-state index in [1.54, 1.807) is 6.21 Å². The Morgan fingerprint density at radius 1 is 0.786 bits per heavy atom. The fraction of sp³-hybridized carbons (Fsp3) is 0.269. The van der Waals surface area contributed by atoms with Crippen molar-refractivity contribution in [2.45, 2.75) is 44.6 Å². The lowest BCUT2D eigenvalue weighted by atomic mass is 9.84. The van der Waals surface area contributed by atoms with E-state index in [-0.39, 0.29) is 0 Å². The lowest BCUT2D eigenvalue weighted by Crippen LogP contribution is -2.04. The van der Waals surface area contributed by atoms with Gasteiger partial charge in [-0.2, -0.15) is 0 Å². The minimum atomic E-state index is 0.460. The summed E-state index contributed by atoms with van der Waals surface area (Å²) in [6.45, 7) is 0.460. The Hall–Kier alpha value is -2.87. The zero-order chi connectivity index (χ0) is 19.0. The van der Waals surface area contributed by atoms with Crippen molar-refractivity contribution in [1.82, 2.24) is 0 Å². The maximum Gasteiger partial charge on any atom is 0.142 e. The molecule has 2 heteroatoms. The van der Waals surface area contributed by atoms with Crippen LogP contribution in [-0.4, -0.2) is 6.21 Å². The third-order valence-electron chi connectivity index (χ3n) is 5.61. The van der Waals surface area contributed by atoms with Gasteiger partial charge in [-0.1, -0.05) is 103 Å². The molecule has 1 aliphatic carbocycles. The van der Waals surface area contributed by atoms with Gasteiger partial charge in [0.05, 0.1) is 6.21 Å². The Kier molecular flexibility index (Phi) is 6.18. The molecule has 1 fully saturated rings. The predicted molar refractivity (Wildman–Crippen MR) is 117 cm³/mol. The van der Waals surface area contributed by atoms with Crippen molar-refractivity contribution in [3.05, 3.63) is 95.6 Å². The van der Waals surface area contributed by atoms with E-state index in [1.807, 2.05) is 12.1 Å². The van der Waals surface area contributed by atoms with E-state index >= 15 is 0 Å². The molecule has 0 atom stereocenters. The van der Waals surface area contributed by atoms with Gasteiger partial charge in [0.25, 0.3) is 0 Å². The summed E-state index contributed by atoms with van der Waals surface area (Å²) in [5.41, 5.74) is 6.07.